The lowest BCUT2D eigenvalue weighted by molar-refractivity contribution is -0.145. The number of carbonyl (C=O) groups is 2. The predicted molar refractivity (Wildman–Crippen MR) is 81.8 cm³/mol. The van der Waals surface area contributed by atoms with Crippen LogP contribution in [0.1, 0.15) is 45.6 Å². The topological polar surface area (TPSA) is 77.8 Å². The summed E-state index contributed by atoms with van der Waals surface area (Å²) in [6.45, 7) is 8.38. The Morgan fingerprint density at radius 1 is 1.00 bits per heavy atom. The molecule has 1 unspecified atom stereocenters. The molecule has 0 amide bonds. The third-order valence-corrected chi connectivity index (χ3v) is 3.38. The van der Waals surface area contributed by atoms with E-state index in [4.69, 9.17) is 10.2 Å². The van der Waals surface area contributed by atoms with Crippen molar-refractivity contribution in [3.63, 3.8) is 0 Å². The highest BCUT2D eigenvalue weighted by Gasteiger charge is 2.23. The van der Waals surface area contributed by atoms with Crippen molar-refractivity contribution in [2.75, 3.05) is 4.90 Å². The predicted octanol–water partition coefficient (Wildman–Crippen LogP) is 2.95. The first-order valence-corrected chi connectivity index (χ1v) is 7.07. The summed E-state index contributed by atoms with van der Waals surface area (Å²) < 4.78 is 0. The normalized spacial score (nSPS) is 12.5. The fraction of sp³-hybridized carbons (Fsp3) is 0.500. The van der Waals surface area contributed by atoms with Crippen molar-refractivity contribution in [1.82, 2.24) is 0 Å². The number of hydrogen-bond acceptors (Lipinski definition) is 3. The van der Waals surface area contributed by atoms with Crippen molar-refractivity contribution in [1.29, 1.82) is 0 Å². The van der Waals surface area contributed by atoms with Gasteiger partial charge in [-0.25, -0.2) is 0 Å². The van der Waals surface area contributed by atoms with Crippen LogP contribution in [-0.4, -0.2) is 34.2 Å². The molecule has 21 heavy (non-hydrogen) atoms. The van der Waals surface area contributed by atoms with Gasteiger partial charge in [-0.3, -0.25) is 9.59 Å². The fourth-order valence-electron chi connectivity index (χ4n) is 2.59. The number of anilines is 1. The Hall–Kier alpha value is -2.04. The molecule has 0 radical (unpaired) electrons. The van der Waals surface area contributed by atoms with E-state index in [1.807, 2.05) is 12.1 Å². The molecule has 1 aromatic rings. The van der Waals surface area contributed by atoms with Crippen LogP contribution >= 0.6 is 0 Å². The van der Waals surface area contributed by atoms with E-state index in [2.05, 4.69) is 32.6 Å². The molecule has 0 bridgehead atoms. The van der Waals surface area contributed by atoms with Crippen molar-refractivity contribution >= 4 is 17.6 Å². The number of rotatable bonds is 7. The molecule has 5 heteroatoms. The summed E-state index contributed by atoms with van der Waals surface area (Å²) in [5.41, 5.74) is 1.52. The molecule has 0 saturated heterocycles. The van der Waals surface area contributed by atoms with Gasteiger partial charge in [0.05, 0.1) is 12.3 Å². The average Bonchev–Trinajstić information content (AvgIpc) is 2.35. The van der Waals surface area contributed by atoms with Crippen molar-refractivity contribution in [3.8, 4) is 0 Å². The van der Waals surface area contributed by atoms with Crippen LogP contribution in [0.25, 0.3) is 0 Å². The standard InChI is InChI=1S/C16H23NO4/c1-10(2)17(11(3)4)13-7-5-12(6-8-13)14(16(20)21)9-15(18)19/h5-8,10-11,14H,9H2,1-4H3,(H,18,19)(H,20,21). The number of carboxylic acids is 2. The summed E-state index contributed by atoms with van der Waals surface area (Å²) in [6.07, 6.45) is -0.410. The molecule has 2 N–H and O–H groups in total. The third-order valence-electron chi connectivity index (χ3n) is 3.38. The SMILES string of the molecule is CC(C)N(c1ccc(C(CC(=O)O)C(=O)O)cc1)C(C)C. The third kappa shape index (κ3) is 4.48. The molecule has 5 nitrogen and oxygen atoms in total. The maximum atomic E-state index is 11.2. The number of carboxylic acid groups (broad SMARTS) is 2. The highest BCUT2D eigenvalue weighted by atomic mass is 16.4. The molecule has 0 aliphatic heterocycles. The second-order valence-electron chi connectivity index (χ2n) is 5.67. The molecule has 0 fully saturated rings. The minimum Gasteiger partial charge on any atom is -0.481 e. The number of nitrogens with zero attached hydrogens (tertiary/aromatic N) is 1. The molecular formula is C16H23NO4. The van der Waals surface area contributed by atoms with Crippen LogP contribution in [-0.2, 0) is 9.59 Å². The summed E-state index contributed by atoms with van der Waals surface area (Å²) in [5.74, 6) is -3.24. The van der Waals surface area contributed by atoms with Gasteiger partial charge in [0, 0.05) is 17.8 Å². The first kappa shape index (κ1) is 17.0. The zero-order chi connectivity index (χ0) is 16.2. The van der Waals surface area contributed by atoms with E-state index >= 15 is 0 Å². The smallest absolute Gasteiger partial charge is 0.311 e. The van der Waals surface area contributed by atoms with E-state index in [0.29, 0.717) is 17.6 Å². The maximum Gasteiger partial charge on any atom is 0.311 e. The van der Waals surface area contributed by atoms with Crippen LogP contribution in [0.15, 0.2) is 24.3 Å². The van der Waals surface area contributed by atoms with Gasteiger partial charge in [-0.2, -0.15) is 0 Å². The average molecular weight is 293 g/mol. The monoisotopic (exact) mass is 293 g/mol. The lowest BCUT2D eigenvalue weighted by Crippen LogP contribution is -2.36. The Bertz CT molecular complexity index is 486. The van der Waals surface area contributed by atoms with Crippen LogP contribution < -0.4 is 4.90 Å². The van der Waals surface area contributed by atoms with Gasteiger partial charge in [0.25, 0.3) is 0 Å². The van der Waals surface area contributed by atoms with E-state index in [1.54, 1.807) is 12.1 Å². The summed E-state index contributed by atoms with van der Waals surface area (Å²) in [4.78, 5) is 24.2. The van der Waals surface area contributed by atoms with Crippen LogP contribution in [0.4, 0.5) is 5.69 Å². The largest absolute Gasteiger partial charge is 0.481 e. The summed E-state index contributed by atoms with van der Waals surface area (Å²) in [6, 6.07) is 7.76. The van der Waals surface area contributed by atoms with E-state index in [1.165, 1.54) is 0 Å². The van der Waals surface area contributed by atoms with Gasteiger partial charge < -0.3 is 15.1 Å². The molecule has 0 heterocycles. The van der Waals surface area contributed by atoms with Crippen LogP contribution in [0, 0.1) is 0 Å². The first-order chi connectivity index (χ1) is 9.73. The van der Waals surface area contributed by atoms with Gasteiger partial charge in [0.15, 0.2) is 0 Å². The maximum absolute atomic E-state index is 11.2. The van der Waals surface area contributed by atoms with E-state index < -0.39 is 24.3 Å². The Morgan fingerprint density at radius 3 is 1.81 bits per heavy atom. The lowest BCUT2D eigenvalue weighted by atomic mass is 9.95. The first-order valence-electron chi connectivity index (χ1n) is 7.07. The van der Waals surface area contributed by atoms with E-state index in [9.17, 15) is 9.59 Å². The minimum atomic E-state index is -1.12. The van der Waals surface area contributed by atoms with Crippen LogP contribution in [0.5, 0.6) is 0 Å². The summed E-state index contributed by atoms with van der Waals surface area (Å²) >= 11 is 0. The van der Waals surface area contributed by atoms with Gasteiger partial charge >= 0.3 is 11.9 Å². The highest BCUT2D eigenvalue weighted by molar-refractivity contribution is 5.82. The van der Waals surface area contributed by atoms with Crippen molar-refractivity contribution in [2.24, 2.45) is 0 Å². The van der Waals surface area contributed by atoms with Gasteiger partial charge in [-0.05, 0) is 45.4 Å². The van der Waals surface area contributed by atoms with Gasteiger partial charge in [0.1, 0.15) is 0 Å². The lowest BCUT2D eigenvalue weighted by Gasteiger charge is -2.33. The highest BCUT2D eigenvalue weighted by Crippen LogP contribution is 2.25. The molecule has 1 atom stereocenters. The summed E-state index contributed by atoms with van der Waals surface area (Å²) in [5, 5.41) is 18.0. The molecule has 1 aromatic carbocycles. The van der Waals surface area contributed by atoms with Crippen LogP contribution in [0.3, 0.4) is 0 Å². The van der Waals surface area contributed by atoms with Crippen LogP contribution in [0.2, 0.25) is 0 Å². The molecule has 0 spiro atoms. The molecule has 1 rings (SSSR count). The molecule has 0 aliphatic rings. The summed E-state index contributed by atoms with van der Waals surface area (Å²) in [7, 11) is 0. The zero-order valence-electron chi connectivity index (χ0n) is 12.9. The Balaban J connectivity index is 3.04. The molecule has 116 valence electrons. The second kappa shape index (κ2) is 7.11. The Kier molecular flexibility index (Phi) is 5.76. The van der Waals surface area contributed by atoms with Gasteiger partial charge in [-0.15, -0.1) is 0 Å². The fourth-order valence-corrected chi connectivity index (χ4v) is 2.59. The van der Waals surface area contributed by atoms with E-state index in [0.717, 1.165) is 5.69 Å². The van der Waals surface area contributed by atoms with Crippen molar-refractivity contribution in [2.45, 2.75) is 52.1 Å². The van der Waals surface area contributed by atoms with E-state index in [-0.39, 0.29) is 0 Å². The number of aliphatic carboxylic acids is 2. The zero-order valence-corrected chi connectivity index (χ0v) is 12.9. The quantitative estimate of drug-likeness (QED) is 0.808. The Labute approximate surface area is 125 Å². The molecular weight excluding hydrogens is 270 g/mol. The Morgan fingerprint density at radius 2 is 1.48 bits per heavy atom. The van der Waals surface area contributed by atoms with Crippen molar-refractivity contribution in [3.05, 3.63) is 29.8 Å². The number of benzene rings is 1. The molecule has 0 aromatic heterocycles. The van der Waals surface area contributed by atoms with Gasteiger partial charge in [-0.1, -0.05) is 12.1 Å². The minimum absolute atomic E-state index is 0.324. The number of hydrogen-bond donors (Lipinski definition) is 2. The molecule has 0 aliphatic carbocycles. The molecule has 0 saturated carbocycles. The van der Waals surface area contributed by atoms with Crippen molar-refractivity contribution < 1.29 is 19.8 Å². The second-order valence-corrected chi connectivity index (χ2v) is 5.67. The van der Waals surface area contributed by atoms with Gasteiger partial charge in [0.2, 0.25) is 0 Å².